The molecule has 21 heavy (non-hydrogen) atoms. The molecule has 0 aromatic carbocycles. The fourth-order valence-corrected chi connectivity index (χ4v) is 2.80. The molecule has 1 saturated heterocycles. The molecule has 0 aliphatic carbocycles. The molecule has 1 N–H and O–H groups in total. The molecule has 1 amide bonds. The minimum atomic E-state index is 0.108. The van der Waals surface area contributed by atoms with E-state index in [1.54, 1.807) is 18.3 Å². The monoisotopic (exact) mass is 311 g/mol. The van der Waals surface area contributed by atoms with E-state index < -0.39 is 0 Å². The first-order valence-electron chi connectivity index (χ1n) is 7.31. The highest BCUT2D eigenvalue weighted by molar-refractivity contribution is 6.30. The Kier molecular flexibility index (Phi) is 5.82. The molecule has 1 aliphatic heterocycles. The van der Waals surface area contributed by atoms with Crippen LogP contribution >= 0.6 is 11.6 Å². The summed E-state index contributed by atoms with van der Waals surface area (Å²) in [6.07, 6.45) is 4.46. The van der Waals surface area contributed by atoms with Crippen LogP contribution in [0.15, 0.2) is 18.3 Å². The number of likely N-dealkylation sites (N-methyl/N-ethyl adjacent to an activating group) is 1. The van der Waals surface area contributed by atoms with Crippen molar-refractivity contribution in [1.82, 2.24) is 9.88 Å². The Balaban J connectivity index is 1.89. The molecule has 1 aromatic rings. The number of aliphatic hydroxyl groups excluding tert-OH is 1. The number of hydrogen-bond acceptors (Lipinski definition) is 4. The van der Waals surface area contributed by atoms with E-state index in [4.69, 9.17) is 16.7 Å². The Morgan fingerprint density at radius 3 is 3.05 bits per heavy atom. The molecule has 2 rings (SSSR count). The molecule has 116 valence electrons. The molecule has 0 radical (unpaired) electrons. The van der Waals surface area contributed by atoms with E-state index in [1.807, 2.05) is 16.8 Å². The van der Waals surface area contributed by atoms with Gasteiger partial charge >= 0.3 is 0 Å². The number of hydrogen-bond donors (Lipinski definition) is 1. The molecule has 1 aromatic heterocycles. The molecule has 2 heterocycles. The van der Waals surface area contributed by atoms with Gasteiger partial charge in [0.05, 0.1) is 11.6 Å². The number of rotatable bonds is 5. The van der Waals surface area contributed by atoms with Crippen LogP contribution < -0.4 is 4.90 Å². The zero-order chi connectivity index (χ0) is 15.2. The zero-order valence-corrected chi connectivity index (χ0v) is 13.1. The highest BCUT2D eigenvalue weighted by atomic mass is 35.5. The van der Waals surface area contributed by atoms with Crippen LogP contribution in [0.1, 0.15) is 19.3 Å². The molecule has 6 heteroatoms. The lowest BCUT2D eigenvalue weighted by molar-refractivity contribution is -0.131. The first-order valence-corrected chi connectivity index (χ1v) is 7.69. The molecular weight excluding hydrogens is 290 g/mol. The molecule has 1 fully saturated rings. The van der Waals surface area contributed by atoms with Crippen molar-refractivity contribution in [2.24, 2.45) is 5.92 Å². The van der Waals surface area contributed by atoms with Crippen LogP contribution in [0.2, 0.25) is 5.02 Å². The molecular formula is C15H22ClN3O2. The van der Waals surface area contributed by atoms with E-state index in [2.05, 4.69) is 4.98 Å². The van der Waals surface area contributed by atoms with Crippen molar-refractivity contribution in [3.63, 3.8) is 0 Å². The van der Waals surface area contributed by atoms with Gasteiger partial charge in [0.15, 0.2) is 0 Å². The van der Waals surface area contributed by atoms with Crippen molar-refractivity contribution in [1.29, 1.82) is 0 Å². The molecule has 0 saturated carbocycles. The van der Waals surface area contributed by atoms with Gasteiger partial charge in [-0.15, -0.1) is 0 Å². The molecule has 0 spiro atoms. The second-order valence-corrected chi connectivity index (χ2v) is 5.99. The largest absolute Gasteiger partial charge is 0.396 e. The summed E-state index contributed by atoms with van der Waals surface area (Å²) in [5.74, 6) is 1.26. The number of anilines is 1. The van der Waals surface area contributed by atoms with Gasteiger partial charge in [0, 0.05) is 32.9 Å². The number of carbonyl (C=O) groups excluding carboxylic acids is 1. The summed E-state index contributed by atoms with van der Waals surface area (Å²) in [6.45, 7) is 2.06. The average molecular weight is 312 g/mol. The van der Waals surface area contributed by atoms with Crippen LogP contribution in [0.3, 0.4) is 0 Å². The smallest absolute Gasteiger partial charge is 0.242 e. The van der Waals surface area contributed by atoms with Crippen molar-refractivity contribution in [2.75, 3.05) is 38.2 Å². The standard InChI is InChI=1S/C15H22ClN3O2/c1-18(14-5-4-13(16)9-17-14)11-15(21)19-7-2-3-12(10-19)6-8-20/h4-5,9,12,20H,2-3,6-8,10-11H2,1H3. The molecule has 1 unspecified atom stereocenters. The predicted octanol–water partition coefficient (Wildman–Crippen LogP) is 1.79. The van der Waals surface area contributed by atoms with Crippen molar-refractivity contribution in [2.45, 2.75) is 19.3 Å². The third-order valence-electron chi connectivity index (χ3n) is 3.88. The number of nitrogens with zero attached hydrogens (tertiary/aromatic N) is 3. The fourth-order valence-electron chi connectivity index (χ4n) is 2.69. The van der Waals surface area contributed by atoms with E-state index in [9.17, 15) is 4.79 Å². The predicted molar refractivity (Wildman–Crippen MR) is 83.5 cm³/mol. The lowest BCUT2D eigenvalue weighted by Crippen LogP contribution is -2.44. The maximum Gasteiger partial charge on any atom is 0.242 e. The number of aliphatic hydroxyl groups is 1. The lowest BCUT2D eigenvalue weighted by atomic mass is 9.95. The van der Waals surface area contributed by atoms with E-state index in [0.29, 0.717) is 17.5 Å². The summed E-state index contributed by atoms with van der Waals surface area (Å²) < 4.78 is 0. The Hall–Kier alpha value is -1.33. The summed E-state index contributed by atoms with van der Waals surface area (Å²) in [6, 6.07) is 3.57. The van der Waals surface area contributed by atoms with Crippen molar-refractivity contribution < 1.29 is 9.90 Å². The van der Waals surface area contributed by atoms with Crippen LogP contribution in [0.5, 0.6) is 0 Å². The van der Waals surface area contributed by atoms with E-state index >= 15 is 0 Å². The average Bonchev–Trinajstić information content (AvgIpc) is 2.48. The van der Waals surface area contributed by atoms with Crippen LogP contribution in [0.4, 0.5) is 5.82 Å². The highest BCUT2D eigenvalue weighted by Gasteiger charge is 2.24. The third-order valence-corrected chi connectivity index (χ3v) is 4.11. The Bertz CT molecular complexity index is 464. The van der Waals surface area contributed by atoms with Crippen LogP contribution in [-0.4, -0.2) is 54.2 Å². The SMILES string of the molecule is CN(CC(=O)N1CCCC(CCO)C1)c1ccc(Cl)cn1. The van der Waals surface area contributed by atoms with E-state index in [-0.39, 0.29) is 12.5 Å². The first-order chi connectivity index (χ1) is 10.1. The van der Waals surface area contributed by atoms with Crippen LogP contribution in [0.25, 0.3) is 0 Å². The van der Waals surface area contributed by atoms with Gasteiger partial charge in [-0.05, 0) is 37.3 Å². The quantitative estimate of drug-likeness (QED) is 0.901. The zero-order valence-electron chi connectivity index (χ0n) is 12.3. The van der Waals surface area contributed by atoms with Gasteiger partial charge in [-0.2, -0.15) is 0 Å². The third kappa shape index (κ3) is 4.58. The first kappa shape index (κ1) is 16.0. The summed E-state index contributed by atoms with van der Waals surface area (Å²) in [7, 11) is 1.85. The number of pyridine rings is 1. The van der Waals surface area contributed by atoms with Crippen molar-refractivity contribution in [3.8, 4) is 0 Å². The number of carbonyl (C=O) groups is 1. The summed E-state index contributed by atoms with van der Waals surface area (Å²) in [5, 5.41) is 9.61. The minimum Gasteiger partial charge on any atom is -0.396 e. The maximum absolute atomic E-state index is 12.4. The Labute approximate surface area is 130 Å². The maximum atomic E-state index is 12.4. The summed E-state index contributed by atoms with van der Waals surface area (Å²) in [4.78, 5) is 20.3. The fraction of sp³-hybridized carbons (Fsp3) is 0.600. The molecule has 0 bridgehead atoms. The second kappa shape index (κ2) is 7.61. The van der Waals surface area contributed by atoms with Gasteiger partial charge in [-0.1, -0.05) is 11.6 Å². The van der Waals surface area contributed by atoms with Crippen LogP contribution in [0, 0.1) is 5.92 Å². The number of piperidine rings is 1. The lowest BCUT2D eigenvalue weighted by Gasteiger charge is -2.33. The van der Waals surface area contributed by atoms with Gasteiger partial charge in [-0.3, -0.25) is 4.79 Å². The Morgan fingerprint density at radius 2 is 2.38 bits per heavy atom. The van der Waals surface area contributed by atoms with E-state index in [0.717, 1.165) is 38.2 Å². The summed E-state index contributed by atoms with van der Waals surface area (Å²) in [5.41, 5.74) is 0. The van der Waals surface area contributed by atoms with Crippen molar-refractivity contribution >= 4 is 23.3 Å². The summed E-state index contributed by atoms with van der Waals surface area (Å²) >= 11 is 5.81. The van der Waals surface area contributed by atoms with Gasteiger partial charge in [-0.25, -0.2) is 4.98 Å². The number of aromatic nitrogens is 1. The molecule has 1 atom stereocenters. The molecule has 1 aliphatic rings. The number of amides is 1. The highest BCUT2D eigenvalue weighted by Crippen LogP contribution is 2.20. The van der Waals surface area contributed by atoms with Gasteiger partial charge < -0.3 is 14.9 Å². The van der Waals surface area contributed by atoms with Gasteiger partial charge in [0.1, 0.15) is 5.82 Å². The van der Waals surface area contributed by atoms with Crippen molar-refractivity contribution in [3.05, 3.63) is 23.4 Å². The van der Waals surface area contributed by atoms with Gasteiger partial charge in [0.2, 0.25) is 5.91 Å². The number of likely N-dealkylation sites (tertiary alicyclic amines) is 1. The second-order valence-electron chi connectivity index (χ2n) is 5.55. The van der Waals surface area contributed by atoms with Crippen LogP contribution in [-0.2, 0) is 4.79 Å². The molecule has 5 nitrogen and oxygen atoms in total. The normalized spacial score (nSPS) is 18.6. The van der Waals surface area contributed by atoms with E-state index in [1.165, 1.54) is 0 Å². The number of halogens is 1. The van der Waals surface area contributed by atoms with Gasteiger partial charge in [0.25, 0.3) is 0 Å². The minimum absolute atomic E-state index is 0.108. The Morgan fingerprint density at radius 1 is 1.57 bits per heavy atom. The topological polar surface area (TPSA) is 56.7 Å².